The fourth-order valence-electron chi connectivity index (χ4n) is 3.47. The van der Waals surface area contributed by atoms with Crippen molar-refractivity contribution in [1.29, 1.82) is 0 Å². The third kappa shape index (κ3) is 2.68. The minimum Gasteiger partial charge on any atom is -0.481 e. The van der Waals surface area contributed by atoms with Crippen molar-refractivity contribution in [2.45, 2.75) is 58.0 Å². The molecule has 2 rings (SSSR count). The van der Waals surface area contributed by atoms with Crippen LogP contribution in [0.3, 0.4) is 0 Å². The predicted molar refractivity (Wildman–Crippen MR) is 74.4 cm³/mol. The molecule has 2 saturated heterocycles. The number of hydrogen-bond acceptors (Lipinski definition) is 3. The monoisotopic (exact) mass is 283 g/mol. The number of piperidine rings is 1. The van der Waals surface area contributed by atoms with Crippen molar-refractivity contribution in [1.82, 2.24) is 4.90 Å². The zero-order valence-corrected chi connectivity index (χ0v) is 12.5. The highest BCUT2D eigenvalue weighted by Gasteiger charge is 2.46. The minimum atomic E-state index is -0.713. The van der Waals surface area contributed by atoms with E-state index in [-0.39, 0.29) is 5.91 Å². The van der Waals surface area contributed by atoms with Crippen molar-refractivity contribution < 1.29 is 19.4 Å². The molecule has 2 heterocycles. The Hall–Kier alpha value is -1.10. The van der Waals surface area contributed by atoms with E-state index in [0.29, 0.717) is 39.0 Å². The molecule has 0 aliphatic carbocycles. The summed E-state index contributed by atoms with van der Waals surface area (Å²) in [7, 11) is 0. The van der Waals surface area contributed by atoms with Gasteiger partial charge >= 0.3 is 5.97 Å². The molecular weight excluding hydrogens is 258 g/mol. The van der Waals surface area contributed by atoms with Gasteiger partial charge in [-0.1, -0.05) is 13.3 Å². The molecule has 0 spiro atoms. The maximum Gasteiger partial charge on any atom is 0.309 e. The topological polar surface area (TPSA) is 66.8 Å². The van der Waals surface area contributed by atoms with Crippen molar-refractivity contribution in [3.63, 3.8) is 0 Å². The summed E-state index contributed by atoms with van der Waals surface area (Å²) in [5.41, 5.74) is -1.32. The average Bonchev–Trinajstić information content (AvgIpc) is 2.87. The summed E-state index contributed by atoms with van der Waals surface area (Å²) in [5.74, 6) is -0.680. The molecule has 0 bridgehead atoms. The average molecular weight is 283 g/mol. The molecule has 1 N–H and O–H groups in total. The molecule has 2 fully saturated rings. The Balaban J connectivity index is 2.00. The molecule has 1 amide bonds. The van der Waals surface area contributed by atoms with Gasteiger partial charge in [0, 0.05) is 19.7 Å². The molecule has 0 aromatic heterocycles. The Morgan fingerprint density at radius 1 is 1.25 bits per heavy atom. The number of rotatable bonds is 4. The third-order valence-electron chi connectivity index (χ3n) is 4.86. The maximum absolute atomic E-state index is 12.5. The smallest absolute Gasteiger partial charge is 0.309 e. The van der Waals surface area contributed by atoms with Gasteiger partial charge in [0.15, 0.2) is 0 Å². The van der Waals surface area contributed by atoms with E-state index >= 15 is 0 Å². The van der Waals surface area contributed by atoms with Crippen LogP contribution in [0.15, 0.2) is 0 Å². The van der Waals surface area contributed by atoms with Gasteiger partial charge in [-0.05, 0) is 39.0 Å². The highest BCUT2D eigenvalue weighted by Crippen LogP contribution is 2.38. The van der Waals surface area contributed by atoms with Crippen LogP contribution < -0.4 is 0 Å². The molecule has 1 atom stereocenters. The summed E-state index contributed by atoms with van der Waals surface area (Å²) in [4.78, 5) is 25.8. The van der Waals surface area contributed by atoms with Crippen molar-refractivity contribution >= 4 is 11.9 Å². The zero-order valence-electron chi connectivity index (χ0n) is 12.5. The highest BCUT2D eigenvalue weighted by molar-refractivity contribution is 5.85. The van der Waals surface area contributed by atoms with E-state index in [2.05, 4.69) is 0 Å². The number of likely N-dealkylation sites (tertiary alicyclic amines) is 1. The van der Waals surface area contributed by atoms with Crippen LogP contribution in [0.1, 0.15) is 52.4 Å². The summed E-state index contributed by atoms with van der Waals surface area (Å²) >= 11 is 0. The summed E-state index contributed by atoms with van der Waals surface area (Å²) in [5, 5.41) is 9.48. The lowest BCUT2D eigenvalue weighted by molar-refractivity contribution is -0.160. The summed E-state index contributed by atoms with van der Waals surface area (Å²) in [6, 6.07) is 0. The number of aliphatic carboxylic acids is 1. The quantitative estimate of drug-likeness (QED) is 0.857. The Labute approximate surface area is 120 Å². The number of ether oxygens (including phenoxy) is 1. The van der Waals surface area contributed by atoms with Gasteiger partial charge in [0.2, 0.25) is 0 Å². The van der Waals surface area contributed by atoms with Gasteiger partial charge < -0.3 is 14.7 Å². The molecule has 1 unspecified atom stereocenters. The molecule has 114 valence electrons. The molecule has 2 aliphatic heterocycles. The van der Waals surface area contributed by atoms with Gasteiger partial charge in [-0.25, -0.2) is 0 Å². The molecule has 0 saturated carbocycles. The summed E-state index contributed by atoms with van der Waals surface area (Å²) < 4.78 is 5.59. The van der Waals surface area contributed by atoms with Crippen LogP contribution >= 0.6 is 0 Å². The lowest BCUT2D eigenvalue weighted by Gasteiger charge is -2.41. The second-order valence-electron chi connectivity index (χ2n) is 6.31. The van der Waals surface area contributed by atoms with Crippen LogP contribution in [0.4, 0.5) is 0 Å². The Morgan fingerprint density at radius 2 is 1.90 bits per heavy atom. The first-order valence-electron chi connectivity index (χ1n) is 7.60. The Morgan fingerprint density at radius 3 is 2.35 bits per heavy atom. The fourth-order valence-corrected chi connectivity index (χ4v) is 3.47. The highest BCUT2D eigenvalue weighted by atomic mass is 16.5. The fraction of sp³-hybridized carbons (Fsp3) is 0.867. The van der Waals surface area contributed by atoms with Crippen molar-refractivity contribution in [2.75, 3.05) is 19.7 Å². The summed E-state index contributed by atoms with van der Waals surface area (Å²) in [6.45, 7) is 5.57. The first-order chi connectivity index (χ1) is 9.43. The molecule has 0 aromatic rings. The predicted octanol–water partition coefficient (Wildman–Crippen LogP) is 2.05. The van der Waals surface area contributed by atoms with Gasteiger partial charge in [0.1, 0.15) is 5.60 Å². The molecule has 5 heteroatoms. The van der Waals surface area contributed by atoms with Crippen molar-refractivity contribution in [3.8, 4) is 0 Å². The normalized spacial score (nSPS) is 29.4. The van der Waals surface area contributed by atoms with E-state index in [4.69, 9.17) is 4.74 Å². The second kappa shape index (κ2) is 5.72. The number of carbonyl (C=O) groups is 2. The number of carboxylic acid groups (broad SMARTS) is 1. The molecular formula is C15H25NO4. The van der Waals surface area contributed by atoms with Crippen LogP contribution in [0.2, 0.25) is 0 Å². The second-order valence-corrected chi connectivity index (χ2v) is 6.31. The zero-order chi connectivity index (χ0) is 14.8. The molecule has 0 aromatic carbocycles. The SMILES string of the molecule is CCCC1(C(=O)O)CCN(C(=O)C2(C)CCCO2)CC1. The Kier molecular flexibility index (Phi) is 4.37. The number of carbonyl (C=O) groups excluding carboxylic acids is 1. The van der Waals surface area contributed by atoms with E-state index in [1.807, 2.05) is 13.8 Å². The van der Waals surface area contributed by atoms with Gasteiger partial charge in [0.25, 0.3) is 5.91 Å². The molecule has 20 heavy (non-hydrogen) atoms. The van der Waals surface area contributed by atoms with Crippen molar-refractivity contribution in [3.05, 3.63) is 0 Å². The van der Waals surface area contributed by atoms with E-state index in [9.17, 15) is 14.7 Å². The van der Waals surface area contributed by atoms with E-state index in [1.54, 1.807) is 4.90 Å². The first kappa shape index (κ1) is 15.3. The number of nitrogens with zero attached hydrogens (tertiary/aromatic N) is 1. The van der Waals surface area contributed by atoms with Gasteiger partial charge in [-0.2, -0.15) is 0 Å². The van der Waals surface area contributed by atoms with Gasteiger partial charge in [-0.3, -0.25) is 9.59 Å². The van der Waals surface area contributed by atoms with Gasteiger partial charge in [0.05, 0.1) is 5.41 Å². The van der Waals surface area contributed by atoms with E-state index in [1.165, 1.54) is 0 Å². The van der Waals surface area contributed by atoms with E-state index in [0.717, 1.165) is 19.3 Å². The summed E-state index contributed by atoms with van der Waals surface area (Å²) in [6.07, 6.45) is 4.35. The maximum atomic E-state index is 12.5. The minimum absolute atomic E-state index is 0.0329. The van der Waals surface area contributed by atoms with Crippen LogP contribution in [0.5, 0.6) is 0 Å². The molecule has 0 radical (unpaired) electrons. The lowest BCUT2D eigenvalue weighted by atomic mass is 9.75. The van der Waals surface area contributed by atoms with Crippen LogP contribution in [0.25, 0.3) is 0 Å². The van der Waals surface area contributed by atoms with Gasteiger partial charge in [-0.15, -0.1) is 0 Å². The number of carboxylic acids is 1. The van der Waals surface area contributed by atoms with E-state index < -0.39 is 17.0 Å². The van der Waals surface area contributed by atoms with Crippen molar-refractivity contribution in [2.24, 2.45) is 5.41 Å². The number of amides is 1. The molecule has 5 nitrogen and oxygen atoms in total. The standard InChI is InChI=1S/C15H25NO4/c1-3-5-15(13(18)19)7-9-16(10-8-15)12(17)14(2)6-4-11-20-14/h3-11H2,1-2H3,(H,18,19). The largest absolute Gasteiger partial charge is 0.481 e. The van der Waals surface area contributed by atoms with Crippen LogP contribution in [-0.2, 0) is 14.3 Å². The number of hydrogen-bond donors (Lipinski definition) is 1. The van der Waals surface area contributed by atoms with Crippen LogP contribution in [0, 0.1) is 5.41 Å². The lowest BCUT2D eigenvalue weighted by Crippen LogP contribution is -2.52. The molecule has 2 aliphatic rings. The first-order valence-corrected chi connectivity index (χ1v) is 7.60. The third-order valence-corrected chi connectivity index (χ3v) is 4.86. The Bertz CT molecular complexity index is 379. The van der Waals surface area contributed by atoms with Crippen LogP contribution in [-0.4, -0.2) is 47.2 Å².